The summed E-state index contributed by atoms with van der Waals surface area (Å²) in [4.78, 5) is 15.4. The zero-order valence-corrected chi connectivity index (χ0v) is 15.6. The van der Waals surface area contributed by atoms with E-state index in [-0.39, 0.29) is 11.4 Å². The van der Waals surface area contributed by atoms with E-state index in [1.165, 1.54) is 18.5 Å². The lowest BCUT2D eigenvalue weighted by molar-refractivity contribution is -0.745. The SMILES string of the molecule is Fc1cccc(-c2nc3cn[n+](Cc4ccc(-c5cncnc5)cc4)cc3[nH]2)c1F. The van der Waals surface area contributed by atoms with Crippen LogP contribution in [0.15, 0.2) is 73.6 Å². The Bertz CT molecular complexity index is 1330. The minimum atomic E-state index is -0.929. The number of nitrogens with zero attached hydrogens (tertiary/aromatic N) is 5. The number of benzene rings is 2. The summed E-state index contributed by atoms with van der Waals surface area (Å²) in [5.41, 5.74) is 4.38. The third-order valence-electron chi connectivity index (χ3n) is 4.77. The number of hydrogen-bond acceptors (Lipinski definition) is 4. The Kier molecular flexibility index (Phi) is 4.44. The average molecular weight is 401 g/mol. The lowest BCUT2D eigenvalue weighted by Crippen LogP contribution is -2.37. The number of hydrogen-bond donors (Lipinski definition) is 1. The first kappa shape index (κ1) is 18.0. The molecular weight excluding hydrogens is 386 g/mol. The van der Waals surface area contributed by atoms with Gasteiger partial charge in [-0.3, -0.25) is 0 Å². The summed E-state index contributed by atoms with van der Waals surface area (Å²) >= 11 is 0. The molecule has 0 aliphatic rings. The number of rotatable bonds is 4. The minimum absolute atomic E-state index is 0.0817. The van der Waals surface area contributed by atoms with Gasteiger partial charge >= 0.3 is 0 Å². The minimum Gasteiger partial charge on any atom is -0.333 e. The number of imidazole rings is 1. The lowest BCUT2D eigenvalue weighted by Gasteiger charge is -2.01. The third kappa shape index (κ3) is 3.39. The van der Waals surface area contributed by atoms with Crippen molar-refractivity contribution < 1.29 is 13.5 Å². The van der Waals surface area contributed by atoms with Crippen LogP contribution in [-0.2, 0) is 6.54 Å². The number of halogens is 2. The second-order valence-electron chi connectivity index (χ2n) is 6.78. The topological polar surface area (TPSA) is 71.2 Å². The van der Waals surface area contributed by atoms with E-state index in [1.54, 1.807) is 29.5 Å². The van der Waals surface area contributed by atoms with Crippen molar-refractivity contribution >= 4 is 11.0 Å². The standard InChI is InChI=1S/C22H14F2N6/c23-18-3-1-2-17(21(18)24)22-28-19-10-27-30(12-20(19)29-22)11-14-4-6-15(7-5-14)16-8-25-13-26-9-16/h1-10,12-13H,11H2/p+1. The van der Waals surface area contributed by atoms with Crippen molar-refractivity contribution in [2.45, 2.75) is 6.54 Å². The van der Waals surface area contributed by atoms with Gasteiger partial charge in [-0.2, -0.15) is 0 Å². The molecule has 0 saturated carbocycles. The first-order valence-electron chi connectivity index (χ1n) is 9.21. The van der Waals surface area contributed by atoms with E-state index in [4.69, 9.17) is 0 Å². The van der Waals surface area contributed by atoms with E-state index < -0.39 is 11.6 Å². The molecule has 3 aromatic heterocycles. The van der Waals surface area contributed by atoms with E-state index in [0.717, 1.165) is 22.8 Å². The van der Waals surface area contributed by atoms with Crippen LogP contribution in [0.5, 0.6) is 0 Å². The monoisotopic (exact) mass is 401 g/mol. The van der Waals surface area contributed by atoms with Crippen LogP contribution in [-0.4, -0.2) is 25.0 Å². The second-order valence-corrected chi connectivity index (χ2v) is 6.78. The predicted octanol–water partition coefficient (Wildman–Crippen LogP) is 3.70. The van der Waals surface area contributed by atoms with Gasteiger partial charge in [0.15, 0.2) is 18.2 Å². The fourth-order valence-corrected chi connectivity index (χ4v) is 3.25. The van der Waals surface area contributed by atoms with Crippen LogP contribution < -0.4 is 4.68 Å². The van der Waals surface area contributed by atoms with Crippen LogP contribution in [0.3, 0.4) is 0 Å². The van der Waals surface area contributed by atoms with Crippen molar-refractivity contribution in [2.24, 2.45) is 0 Å². The van der Waals surface area contributed by atoms with Crippen LogP contribution in [0.2, 0.25) is 0 Å². The Morgan fingerprint density at radius 3 is 2.50 bits per heavy atom. The van der Waals surface area contributed by atoms with Gasteiger partial charge in [-0.05, 0) is 22.8 Å². The zero-order chi connectivity index (χ0) is 20.5. The molecule has 0 unspecified atom stereocenters. The number of fused-ring (bicyclic) bond motifs is 1. The number of H-pyrrole nitrogens is 1. The van der Waals surface area contributed by atoms with Gasteiger partial charge in [0.25, 0.3) is 0 Å². The molecule has 1 N–H and O–H groups in total. The van der Waals surface area contributed by atoms with Gasteiger partial charge in [-0.25, -0.2) is 23.7 Å². The second kappa shape index (κ2) is 7.40. The lowest BCUT2D eigenvalue weighted by atomic mass is 10.1. The molecule has 2 aromatic carbocycles. The quantitative estimate of drug-likeness (QED) is 0.466. The highest BCUT2D eigenvalue weighted by Gasteiger charge is 2.16. The molecule has 0 fully saturated rings. The molecule has 30 heavy (non-hydrogen) atoms. The molecule has 5 aromatic rings. The van der Waals surface area contributed by atoms with Crippen LogP contribution in [0.4, 0.5) is 8.78 Å². The Morgan fingerprint density at radius 2 is 1.70 bits per heavy atom. The molecule has 0 aliphatic heterocycles. The maximum atomic E-state index is 14.1. The molecule has 0 aliphatic carbocycles. The third-order valence-corrected chi connectivity index (χ3v) is 4.77. The highest BCUT2D eigenvalue weighted by atomic mass is 19.2. The van der Waals surface area contributed by atoms with Crippen molar-refractivity contribution in [3.8, 4) is 22.5 Å². The first-order valence-corrected chi connectivity index (χ1v) is 9.21. The van der Waals surface area contributed by atoms with Crippen molar-refractivity contribution in [1.29, 1.82) is 0 Å². The molecular formula is C22H15F2N6+. The first-order chi connectivity index (χ1) is 14.7. The molecule has 3 heterocycles. The number of aromatic amines is 1. The molecule has 8 heteroatoms. The van der Waals surface area contributed by atoms with Crippen molar-refractivity contribution in [1.82, 2.24) is 25.0 Å². The van der Waals surface area contributed by atoms with Gasteiger partial charge in [0, 0.05) is 23.5 Å². The summed E-state index contributed by atoms with van der Waals surface area (Å²) in [6.07, 6.45) is 8.43. The normalized spacial score (nSPS) is 11.1. The summed E-state index contributed by atoms with van der Waals surface area (Å²) in [5.74, 6) is -1.58. The van der Waals surface area contributed by atoms with Crippen LogP contribution in [0.25, 0.3) is 33.5 Å². The van der Waals surface area contributed by atoms with E-state index in [1.807, 2.05) is 24.3 Å². The molecule has 6 nitrogen and oxygen atoms in total. The molecule has 0 radical (unpaired) electrons. The van der Waals surface area contributed by atoms with E-state index in [9.17, 15) is 8.78 Å². The van der Waals surface area contributed by atoms with Gasteiger partial charge in [-0.1, -0.05) is 35.0 Å². The van der Waals surface area contributed by atoms with Crippen LogP contribution >= 0.6 is 0 Å². The van der Waals surface area contributed by atoms with Crippen LogP contribution in [0, 0.1) is 11.6 Å². The Morgan fingerprint density at radius 1 is 0.900 bits per heavy atom. The van der Waals surface area contributed by atoms with E-state index in [0.29, 0.717) is 17.6 Å². The highest BCUT2D eigenvalue weighted by molar-refractivity contribution is 5.77. The molecule has 0 spiro atoms. The molecule has 146 valence electrons. The Balaban J connectivity index is 1.41. The highest BCUT2D eigenvalue weighted by Crippen LogP contribution is 2.23. The van der Waals surface area contributed by atoms with Crippen LogP contribution in [0.1, 0.15) is 5.56 Å². The van der Waals surface area contributed by atoms with Crippen molar-refractivity contribution in [3.63, 3.8) is 0 Å². The van der Waals surface area contributed by atoms with E-state index >= 15 is 0 Å². The molecule has 0 saturated heterocycles. The van der Waals surface area contributed by atoms with Gasteiger partial charge in [0.2, 0.25) is 6.20 Å². The van der Waals surface area contributed by atoms with Gasteiger partial charge in [0.05, 0.1) is 5.56 Å². The smallest absolute Gasteiger partial charge is 0.222 e. The predicted molar refractivity (Wildman–Crippen MR) is 106 cm³/mol. The number of aromatic nitrogens is 6. The summed E-state index contributed by atoms with van der Waals surface area (Å²) in [7, 11) is 0. The summed E-state index contributed by atoms with van der Waals surface area (Å²) in [5, 5.41) is 4.38. The van der Waals surface area contributed by atoms with Gasteiger partial charge < -0.3 is 4.98 Å². The summed E-state index contributed by atoms with van der Waals surface area (Å²) in [6.45, 7) is 0.546. The molecule has 5 rings (SSSR count). The Labute approximate surface area is 169 Å². The maximum absolute atomic E-state index is 14.1. The maximum Gasteiger partial charge on any atom is 0.222 e. The number of nitrogens with one attached hydrogen (secondary N) is 1. The summed E-state index contributed by atoms with van der Waals surface area (Å²) < 4.78 is 29.4. The molecule has 0 bridgehead atoms. The zero-order valence-electron chi connectivity index (χ0n) is 15.6. The molecule has 0 atom stereocenters. The van der Waals surface area contributed by atoms with Crippen molar-refractivity contribution in [2.75, 3.05) is 0 Å². The fraction of sp³-hybridized carbons (Fsp3) is 0.0455. The van der Waals surface area contributed by atoms with Gasteiger partial charge in [0.1, 0.15) is 29.4 Å². The van der Waals surface area contributed by atoms with Gasteiger partial charge in [-0.15, -0.1) is 0 Å². The van der Waals surface area contributed by atoms with E-state index in [2.05, 4.69) is 25.0 Å². The Hall–Kier alpha value is -4.07. The van der Waals surface area contributed by atoms with Crippen molar-refractivity contribution in [3.05, 3.63) is 90.8 Å². The summed E-state index contributed by atoms with van der Waals surface area (Å²) in [6, 6.07) is 12.1. The fourth-order valence-electron chi connectivity index (χ4n) is 3.25. The average Bonchev–Trinajstić information content (AvgIpc) is 3.20. The largest absolute Gasteiger partial charge is 0.333 e. The molecule has 0 amide bonds.